The van der Waals surface area contributed by atoms with Crippen molar-refractivity contribution in [2.24, 2.45) is 0 Å². The molecular weight excluding hydrogens is 362 g/mol. The number of fused-ring (bicyclic) bond motifs is 1. The third kappa shape index (κ3) is 3.99. The van der Waals surface area contributed by atoms with Gasteiger partial charge in [-0.25, -0.2) is 4.98 Å². The van der Waals surface area contributed by atoms with Crippen LogP contribution in [-0.2, 0) is 22.5 Å². The highest BCUT2D eigenvalue weighted by Gasteiger charge is 2.21. The van der Waals surface area contributed by atoms with E-state index in [2.05, 4.69) is 20.4 Å². The average Bonchev–Trinajstić information content (AvgIpc) is 3.30. The number of aryl methyl sites for hydroxylation is 3. The molecule has 0 radical (unpaired) electrons. The van der Waals surface area contributed by atoms with Crippen molar-refractivity contribution in [2.45, 2.75) is 33.2 Å². The van der Waals surface area contributed by atoms with Gasteiger partial charge in [0.15, 0.2) is 0 Å². The van der Waals surface area contributed by atoms with E-state index >= 15 is 0 Å². The minimum absolute atomic E-state index is 0.0839. The quantitative estimate of drug-likeness (QED) is 0.686. The summed E-state index contributed by atoms with van der Waals surface area (Å²) in [6.07, 6.45) is 0.691. The molecule has 0 aliphatic carbocycles. The second-order valence-electron chi connectivity index (χ2n) is 6.80. The van der Waals surface area contributed by atoms with Crippen molar-refractivity contribution in [3.8, 4) is 0 Å². The summed E-state index contributed by atoms with van der Waals surface area (Å²) in [6, 6.07) is 3.73. The minimum Gasteiger partial charge on any atom is -0.465 e. The Morgan fingerprint density at radius 1 is 1.21 bits per heavy atom. The summed E-state index contributed by atoms with van der Waals surface area (Å²) in [5.41, 5.74) is 1.21. The molecule has 148 valence electrons. The molecule has 0 unspecified atom stereocenters. The van der Waals surface area contributed by atoms with Crippen molar-refractivity contribution in [3.05, 3.63) is 35.2 Å². The van der Waals surface area contributed by atoms with Gasteiger partial charge in [0.25, 0.3) is 5.71 Å². The second kappa shape index (κ2) is 7.97. The molecule has 1 saturated heterocycles. The molecule has 9 nitrogen and oxygen atoms in total. The predicted molar refractivity (Wildman–Crippen MR) is 101 cm³/mol. The predicted octanol–water partition coefficient (Wildman–Crippen LogP) is 1.91. The van der Waals surface area contributed by atoms with Gasteiger partial charge in [-0.05, 0) is 26.0 Å². The summed E-state index contributed by atoms with van der Waals surface area (Å²) < 4.78 is 16.3. The third-order valence-electron chi connectivity index (χ3n) is 4.68. The summed E-state index contributed by atoms with van der Waals surface area (Å²) in [4.78, 5) is 23.5. The Kier molecular flexibility index (Phi) is 5.25. The summed E-state index contributed by atoms with van der Waals surface area (Å²) in [5.74, 6) is 2.83. The lowest BCUT2D eigenvalue weighted by Crippen LogP contribution is -2.37. The van der Waals surface area contributed by atoms with Crippen molar-refractivity contribution >= 4 is 22.8 Å². The fourth-order valence-electron chi connectivity index (χ4n) is 3.21. The van der Waals surface area contributed by atoms with Crippen LogP contribution in [0.2, 0.25) is 0 Å². The highest BCUT2D eigenvalue weighted by atomic mass is 16.5. The molecule has 28 heavy (non-hydrogen) atoms. The molecule has 0 aromatic carbocycles. The third-order valence-corrected chi connectivity index (χ3v) is 4.68. The molecule has 0 spiro atoms. The monoisotopic (exact) mass is 385 g/mol. The Morgan fingerprint density at radius 3 is 2.79 bits per heavy atom. The van der Waals surface area contributed by atoms with Gasteiger partial charge >= 0.3 is 0 Å². The van der Waals surface area contributed by atoms with E-state index in [0.29, 0.717) is 37.7 Å². The van der Waals surface area contributed by atoms with Crippen LogP contribution in [0.4, 0.5) is 5.82 Å². The zero-order chi connectivity index (χ0) is 19.5. The number of anilines is 1. The SMILES string of the molecule is Cc1ccc(CNC(=O)CCc2nc(N3CCOCC3)c3c(C)noc3n2)o1. The van der Waals surface area contributed by atoms with Gasteiger partial charge in [-0.3, -0.25) is 4.79 Å². The van der Waals surface area contributed by atoms with Crippen LogP contribution in [0, 0.1) is 13.8 Å². The highest BCUT2D eigenvalue weighted by molar-refractivity contribution is 5.88. The molecule has 1 fully saturated rings. The number of carbonyl (C=O) groups is 1. The maximum absolute atomic E-state index is 12.2. The highest BCUT2D eigenvalue weighted by Crippen LogP contribution is 2.27. The molecule has 1 N–H and O–H groups in total. The first kappa shape index (κ1) is 18.4. The number of nitrogens with one attached hydrogen (secondary N) is 1. The van der Waals surface area contributed by atoms with Crippen LogP contribution in [0.3, 0.4) is 0 Å². The van der Waals surface area contributed by atoms with Gasteiger partial charge in [-0.1, -0.05) is 5.16 Å². The second-order valence-corrected chi connectivity index (χ2v) is 6.80. The molecular formula is C19H23N5O4. The number of nitrogens with zero attached hydrogens (tertiary/aromatic N) is 4. The maximum Gasteiger partial charge on any atom is 0.263 e. The molecule has 1 aliphatic heterocycles. The van der Waals surface area contributed by atoms with Gasteiger partial charge in [0.1, 0.15) is 28.5 Å². The number of hydrogen-bond acceptors (Lipinski definition) is 8. The van der Waals surface area contributed by atoms with E-state index in [9.17, 15) is 4.79 Å². The van der Waals surface area contributed by atoms with Crippen molar-refractivity contribution in [1.29, 1.82) is 0 Å². The fourth-order valence-corrected chi connectivity index (χ4v) is 3.21. The van der Waals surface area contributed by atoms with Crippen LogP contribution in [-0.4, -0.2) is 47.3 Å². The lowest BCUT2D eigenvalue weighted by Gasteiger charge is -2.28. The van der Waals surface area contributed by atoms with Gasteiger partial charge < -0.3 is 23.9 Å². The van der Waals surface area contributed by atoms with Crippen molar-refractivity contribution in [3.63, 3.8) is 0 Å². The fraction of sp³-hybridized carbons (Fsp3) is 0.474. The normalized spacial score (nSPS) is 14.6. The molecule has 1 aliphatic rings. The number of carbonyl (C=O) groups excluding carboxylic acids is 1. The van der Waals surface area contributed by atoms with E-state index in [-0.39, 0.29) is 12.3 Å². The number of ether oxygens (including phenoxy) is 1. The Balaban J connectivity index is 1.45. The van der Waals surface area contributed by atoms with E-state index in [0.717, 1.165) is 41.5 Å². The first-order chi connectivity index (χ1) is 13.6. The molecule has 3 aromatic rings. The van der Waals surface area contributed by atoms with Crippen LogP contribution < -0.4 is 10.2 Å². The van der Waals surface area contributed by atoms with Crippen LogP contribution in [0.15, 0.2) is 21.1 Å². The zero-order valence-corrected chi connectivity index (χ0v) is 16.0. The molecule has 0 saturated carbocycles. The standard InChI is InChI=1S/C19H23N5O4/c1-12-3-4-14(27-12)11-20-16(25)6-5-15-21-18(24-7-9-26-10-8-24)17-13(2)23-28-19(17)22-15/h3-4H,5-11H2,1-2H3,(H,20,25). The number of hydrogen-bond donors (Lipinski definition) is 1. The summed E-state index contributed by atoms with van der Waals surface area (Å²) in [7, 11) is 0. The molecule has 0 bridgehead atoms. The van der Waals surface area contributed by atoms with Gasteiger partial charge in [0.05, 0.1) is 25.5 Å². The molecule has 3 aromatic heterocycles. The first-order valence-electron chi connectivity index (χ1n) is 9.38. The average molecular weight is 385 g/mol. The van der Waals surface area contributed by atoms with E-state index in [1.807, 2.05) is 26.0 Å². The number of morpholine rings is 1. The Labute approximate surface area is 162 Å². The van der Waals surface area contributed by atoms with E-state index in [1.165, 1.54) is 0 Å². The van der Waals surface area contributed by atoms with Crippen molar-refractivity contribution < 1.29 is 18.5 Å². The Bertz CT molecular complexity index is 974. The lowest BCUT2D eigenvalue weighted by atomic mass is 10.2. The number of amides is 1. The molecule has 1 amide bonds. The minimum atomic E-state index is -0.0839. The summed E-state index contributed by atoms with van der Waals surface area (Å²) >= 11 is 0. The lowest BCUT2D eigenvalue weighted by molar-refractivity contribution is -0.121. The smallest absolute Gasteiger partial charge is 0.263 e. The van der Waals surface area contributed by atoms with Gasteiger partial charge in [-0.15, -0.1) is 0 Å². The van der Waals surface area contributed by atoms with Crippen LogP contribution in [0.25, 0.3) is 11.1 Å². The van der Waals surface area contributed by atoms with E-state index < -0.39 is 0 Å². The topological polar surface area (TPSA) is 107 Å². The molecule has 4 heterocycles. The summed E-state index contributed by atoms with van der Waals surface area (Å²) in [5, 5.41) is 7.70. The summed E-state index contributed by atoms with van der Waals surface area (Å²) in [6.45, 7) is 6.92. The van der Waals surface area contributed by atoms with E-state index in [1.54, 1.807) is 0 Å². The number of rotatable bonds is 6. The molecule has 9 heteroatoms. The van der Waals surface area contributed by atoms with Gasteiger partial charge in [0, 0.05) is 25.9 Å². The van der Waals surface area contributed by atoms with Gasteiger partial charge in [0.2, 0.25) is 5.91 Å². The van der Waals surface area contributed by atoms with Gasteiger partial charge in [-0.2, -0.15) is 4.98 Å². The maximum atomic E-state index is 12.2. The Hall–Kier alpha value is -2.94. The largest absolute Gasteiger partial charge is 0.465 e. The van der Waals surface area contributed by atoms with Crippen molar-refractivity contribution in [1.82, 2.24) is 20.4 Å². The zero-order valence-electron chi connectivity index (χ0n) is 16.0. The van der Waals surface area contributed by atoms with Crippen LogP contribution >= 0.6 is 0 Å². The number of aromatic nitrogens is 3. The van der Waals surface area contributed by atoms with Crippen molar-refractivity contribution in [2.75, 3.05) is 31.2 Å². The van der Waals surface area contributed by atoms with Crippen LogP contribution in [0.1, 0.15) is 29.5 Å². The van der Waals surface area contributed by atoms with Crippen LogP contribution in [0.5, 0.6) is 0 Å². The molecule has 4 rings (SSSR count). The first-order valence-corrected chi connectivity index (χ1v) is 9.38. The Morgan fingerprint density at radius 2 is 2.04 bits per heavy atom. The van der Waals surface area contributed by atoms with E-state index in [4.69, 9.17) is 18.7 Å². The molecule has 0 atom stereocenters. The number of furan rings is 1.